The van der Waals surface area contributed by atoms with Crippen LogP contribution in [0.1, 0.15) is 16.7 Å². The molecule has 0 aliphatic carbocycles. The fourth-order valence-corrected chi connectivity index (χ4v) is 9.94. The summed E-state index contributed by atoms with van der Waals surface area (Å²) in [6, 6.07) is 80.3. The van der Waals surface area contributed by atoms with Crippen LogP contribution >= 0.6 is 0 Å². The number of nitrogens with zero attached hydrogens (tertiary/aromatic N) is 4. The van der Waals surface area contributed by atoms with Crippen LogP contribution in [0.15, 0.2) is 218 Å². The van der Waals surface area contributed by atoms with Gasteiger partial charge in [0.05, 0.1) is 56.5 Å². The first-order valence-electron chi connectivity index (χ1n) is 22.4. The Balaban J connectivity index is 1.19. The van der Waals surface area contributed by atoms with Gasteiger partial charge in [0, 0.05) is 38.2 Å². The summed E-state index contributed by atoms with van der Waals surface area (Å²) in [6.45, 7) is 4.28. The molecule has 0 aliphatic heterocycles. The third kappa shape index (κ3) is 6.57. The second-order valence-electron chi connectivity index (χ2n) is 17.3. The quantitative estimate of drug-likeness (QED) is 0.160. The number of nitriles is 1. The summed E-state index contributed by atoms with van der Waals surface area (Å²) in [4.78, 5) is 5.22. The largest absolute Gasteiger partial charge is 0.307 e. The van der Waals surface area contributed by atoms with Crippen molar-refractivity contribution in [2.45, 2.75) is 13.8 Å². The zero-order chi connectivity index (χ0) is 44.3. The molecule has 0 aliphatic rings. The molecule has 0 N–H and O–H groups in total. The maximum Gasteiger partial charge on any atom is 0.0998 e. The second-order valence-corrected chi connectivity index (χ2v) is 17.3. The number of pyridine rings is 1. The Morgan fingerprint density at radius 2 is 0.773 bits per heavy atom. The summed E-state index contributed by atoms with van der Waals surface area (Å²) >= 11 is 0. The van der Waals surface area contributed by atoms with E-state index < -0.39 is 0 Å². The van der Waals surface area contributed by atoms with E-state index in [4.69, 9.17) is 4.98 Å². The minimum Gasteiger partial charge on any atom is -0.307 e. The molecule has 3 aromatic heterocycles. The van der Waals surface area contributed by atoms with Crippen LogP contribution in [-0.2, 0) is 0 Å². The number of hydrogen-bond acceptors (Lipinski definition) is 2. The number of aryl methyl sites for hydroxylation is 2. The number of benzene rings is 9. The van der Waals surface area contributed by atoms with Gasteiger partial charge in [0.1, 0.15) is 0 Å². The van der Waals surface area contributed by atoms with Gasteiger partial charge in [-0.2, -0.15) is 5.26 Å². The van der Waals surface area contributed by atoms with Crippen molar-refractivity contribution in [2.75, 3.05) is 0 Å². The van der Waals surface area contributed by atoms with Crippen molar-refractivity contribution in [2.24, 2.45) is 0 Å². The number of aromatic nitrogens is 3. The molecule has 0 radical (unpaired) electrons. The van der Waals surface area contributed by atoms with Gasteiger partial charge in [0.25, 0.3) is 0 Å². The van der Waals surface area contributed by atoms with Crippen molar-refractivity contribution in [3.63, 3.8) is 0 Å². The van der Waals surface area contributed by atoms with Crippen LogP contribution in [0.25, 0.3) is 111 Å². The van der Waals surface area contributed by atoms with E-state index in [1.54, 1.807) is 0 Å². The Labute approximate surface area is 383 Å². The first kappa shape index (κ1) is 38.9. The summed E-state index contributed by atoms with van der Waals surface area (Å²) in [7, 11) is 0. The Kier molecular flexibility index (Phi) is 9.29. The molecule has 0 spiro atoms. The second kappa shape index (κ2) is 15.8. The van der Waals surface area contributed by atoms with Crippen LogP contribution in [0.5, 0.6) is 0 Å². The lowest BCUT2D eigenvalue weighted by molar-refractivity contribution is 1.09. The molecule has 12 rings (SSSR count). The summed E-state index contributed by atoms with van der Waals surface area (Å²) in [5.74, 6) is 0. The third-order valence-electron chi connectivity index (χ3n) is 13.0. The van der Waals surface area contributed by atoms with Gasteiger partial charge < -0.3 is 9.13 Å². The standard InChI is InChI=1S/C62H42N4/c1-40-15-13-21-44(31-40)46-27-29-59-53(33-46)50-23-9-11-25-57(50)65(59)61-37-49(39-63)52(48-35-55(42-17-5-3-6-18-42)64-56(36-48)43-19-7-4-8-20-43)38-62(61)66-58-26-12-10-24-51(58)54-34-47(28-30-60(54)66)45-22-14-16-41(2)32-45/h3-38H,1-2H3. The minimum atomic E-state index is 0.572. The summed E-state index contributed by atoms with van der Waals surface area (Å²) < 4.78 is 4.77. The highest BCUT2D eigenvalue weighted by atomic mass is 15.1. The summed E-state index contributed by atoms with van der Waals surface area (Å²) in [5.41, 5.74) is 19.3. The van der Waals surface area contributed by atoms with E-state index in [1.165, 1.54) is 27.8 Å². The highest BCUT2D eigenvalue weighted by Gasteiger charge is 2.24. The van der Waals surface area contributed by atoms with Gasteiger partial charge in [-0.3, -0.25) is 0 Å². The van der Waals surface area contributed by atoms with Crippen LogP contribution in [0.3, 0.4) is 0 Å². The van der Waals surface area contributed by atoms with Crippen LogP contribution in [0.4, 0.5) is 0 Å². The van der Waals surface area contributed by atoms with Crippen LogP contribution in [0.2, 0.25) is 0 Å². The first-order chi connectivity index (χ1) is 32.5. The number of rotatable bonds is 7. The van der Waals surface area contributed by atoms with Crippen molar-refractivity contribution in [3.05, 3.63) is 235 Å². The SMILES string of the molecule is Cc1cccc(-c2ccc3c(c2)c2ccccc2n3-c2cc(C#N)c(-c3cc(-c4ccccc4)nc(-c4ccccc4)c3)cc2-n2c3ccccc3c3cc(-c4cccc(C)c4)ccc32)c1. The van der Waals surface area contributed by atoms with E-state index >= 15 is 0 Å². The van der Waals surface area contributed by atoms with E-state index in [2.05, 4.69) is 211 Å². The van der Waals surface area contributed by atoms with Gasteiger partial charge in [0.2, 0.25) is 0 Å². The molecule has 4 nitrogen and oxygen atoms in total. The van der Waals surface area contributed by atoms with Gasteiger partial charge in [-0.1, -0.05) is 169 Å². The Morgan fingerprint density at radius 1 is 0.348 bits per heavy atom. The van der Waals surface area contributed by atoms with E-state index in [-0.39, 0.29) is 0 Å². The number of fused-ring (bicyclic) bond motifs is 6. The molecule has 0 fully saturated rings. The maximum atomic E-state index is 11.3. The molecule has 4 heteroatoms. The van der Waals surface area contributed by atoms with Gasteiger partial charge in [-0.25, -0.2) is 4.98 Å². The predicted octanol–water partition coefficient (Wildman–Crippen LogP) is 16.1. The average Bonchev–Trinajstić information content (AvgIpc) is 3.88. The van der Waals surface area contributed by atoms with E-state index in [0.29, 0.717) is 5.56 Å². The molecule has 0 saturated heterocycles. The molecule has 0 bridgehead atoms. The zero-order valence-electron chi connectivity index (χ0n) is 36.6. The van der Waals surface area contributed by atoms with Crippen LogP contribution < -0.4 is 0 Å². The van der Waals surface area contributed by atoms with Crippen molar-refractivity contribution < 1.29 is 0 Å². The molecule has 9 aromatic carbocycles. The third-order valence-corrected chi connectivity index (χ3v) is 13.0. The molecule has 12 aromatic rings. The van der Waals surface area contributed by atoms with Gasteiger partial charge >= 0.3 is 0 Å². The minimum absolute atomic E-state index is 0.572. The Hall–Kier alpha value is -8.78. The maximum absolute atomic E-state index is 11.3. The first-order valence-corrected chi connectivity index (χ1v) is 22.4. The van der Waals surface area contributed by atoms with E-state index in [0.717, 1.165) is 94.2 Å². The summed E-state index contributed by atoms with van der Waals surface area (Å²) in [5, 5.41) is 15.9. The van der Waals surface area contributed by atoms with E-state index in [1.807, 2.05) is 36.4 Å². The van der Waals surface area contributed by atoms with Gasteiger partial charge in [0.15, 0.2) is 0 Å². The molecule has 0 unspecified atom stereocenters. The average molecular weight is 843 g/mol. The van der Waals surface area contributed by atoms with Crippen molar-refractivity contribution in [1.29, 1.82) is 5.26 Å². The number of para-hydroxylation sites is 2. The zero-order valence-corrected chi connectivity index (χ0v) is 36.6. The molecule has 0 saturated carbocycles. The Bertz CT molecular complexity index is 3850. The van der Waals surface area contributed by atoms with E-state index in [9.17, 15) is 5.26 Å². The molecular formula is C62H42N4. The van der Waals surface area contributed by atoms with Crippen LogP contribution in [0, 0.1) is 25.2 Å². The highest BCUT2D eigenvalue weighted by Crippen LogP contribution is 2.43. The lowest BCUT2D eigenvalue weighted by Gasteiger charge is -2.20. The van der Waals surface area contributed by atoms with Crippen molar-refractivity contribution in [1.82, 2.24) is 14.1 Å². The van der Waals surface area contributed by atoms with Gasteiger partial charge in [-0.15, -0.1) is 0 Å². The molecular weight excluding hydrogens is 801 g/mol. The smallest absolute Gasteiger partial charge is 0.0998 e. The molecule has 0 atom stereocenters. The highest BCUT2D eigenvalue weighted by molar-refractivity contribution is 6.13. The number of hydrogen-bond donors (Lipinski definition) is 0. The Morgan fingerprint density at radius 3 is 1.26 bits per heavy atom. The molecule has 66 heavy (non-hydrogen) atoms. The fraction of sp³-hybridized carbons (Fsp3) is 0.0323. The fourth-order valence-electron chi connectivity index (χ4n) is 9.94. The summed E-state index contributed by atoms with van der Waals surface area (Å²) in [6.07, 6.45) is 0. The molecule has 310 valence electrons. The van der Waals surface area contributed by atoms with Crippen LogP contribution in [-0.4, -0.2) is 14.1 Å². The molecule has 3 heterocycles. The lowest BCUT2D eigenvalue weighted by Crippen LogP contribution is -2.05. The molecule has 0 amide bonds. The van der Waals surface area contributed by atoms with Crippen molar-refractivity contribution in [3.8, 4) is 73.3 Å². The normalized spacial score (nSPS) is 11.5. The predicted molar refractivity (Wildman–Crippen MR) is 274 cm³/mol. The lowest BCUT2D eigenvalue weighted by atomic mass is 9.95. The van der Waals surface area contributed by atoms with Gasteiger partial charge in [-0.05, 0) is 102 Å². The van der Waals surface area contributed by atoms with Crippen molar-refractivity contribution >= 4 is 43.6 Å². The topological polar surface area (TPSA) is 46.5 Å². The monoisotopic (exact) mass is 842 g/mol.